The fourth-order valence-corrected chi connectivity index (χ4v) is 1.86. The average molecular weight is 230 g/mol. The van der Waals surface area contributed by atoms with Gasteiger partial charge in [0.15, 0.2) is 0 Å². The van der Waals surface area contributed by atoms with Gasteiger partial charge >= 0.3 is 0 Å². The summed E-state index contributed by atoms with van der Waals surface area (Å²) in [6.45, 7) is 0. The summed E-state index contributed by atoms with van der Waals surface area (Å²) in [6, 6.07) is 4.10. The molecule has 1 aromatic rings. The Balaban J connectivity index is 2.70. The van der Waals surface area contributed by atoms with Crippen LogP contribution in [-0.2, 0) is 6.42 Å². The molecule has 0 unspecified atom stereocenters. The van der Waals surface area contributed by atoms with Gasteiger partial charge in [-0.3, -0.25) is 0 Å². The van der Waals surface area contributed by atoms with E-state index >= 15 is 0 Å². The fourth-order valence-electron chi connectivity index (χ4n) is 1.27. The minimum atomic E-state index is 0.830. The van der Waals surface area contributed by atoms with Crippen molar-refractivity contribution in [3.63, 3.8) is 0 Å². The van der Waals surface area contributed by atoms with Crippen LogP contribution in [0, 0.1) is 0 Å². The number of halogens is 2. The molecule has 56 valence electrons. The van der Waals surface area contributed by atoms with Gasteiger partial charge < -0.3 is 0 Å². The monoisotopic (exact) mass is 228 g/mol. The van der Waals surface area contributed by atoms with E-state index in [1.165, 1.54) is 11.1 Å². The summed E-state index contributed by atoms with van der Waals surface area (Å²) in [6.07, 6.45) is 5.22. The molecule has 1 aliphatic rings. The number of hydrogen-bond acceptors (Lipinski definition) is 0. The molecule has 0 saturated heterocycles. The molecule has 0 bridgehead atoms. The molecular formula is C9H6BrCl. The lowest BCUT2D eigenvalue weighted by atomic mass is 10.1. The first-order valence-electron chi connectivity index (χ1n) is 3.42. The fraction of sp³-hybridized carbons (Fsp3) is 0.111. The summed E-state index contributed by atoms with van der Waals surface area (Å²) < 4.78 is 0.976. The van der Waals surface area contributed by atoms with Gasteiger partial charge in [-0.2, -0.15) is 0 Å². The van der Waals surface area contributed by atoms with Gasteiger partial charge in [0.25, 0.3) is 0 Å². The van der Waals surface area contributed by atoms with Crippen LogP contribution in [0.2, 0.25) is 5.02 Å². The molecule has 2 heteroatoms. The molecule has 11 heavy (non-hydrogen) atoms. The molecule has 0 aliphatic heterocycles. The quantitative estimate of drug-likeness (QED) is 0.637. The topological polar surface area (TPSA) is 0 Å². The third-order valence-electron chi connectivity index (χ3n) is 1.85. The Kier molecular flexibility index (Phi) is 1.78. The SMILES string of the molecule is Clc1c(Br)ccc2c1C=CC2. The molecule has 1 aliphatic carbocycles. The third kappa shape index (κ3) is 1.13. The first-order chi connectivity index (χ1) is 5.29. The van der Waals surface area contributed by atoms with E-state index in [0.29, 0.717) is 0 Å². The first kappa shape index (κ1) is 7.38. The van der Waals surface area contributed by atoms with Crippen molar-refractivity contribution in [2.45, 2.75) is 6.42 Å². The summed E-state index contributed by atoms with van der Waals surface area (Å²) in [5, 5.41) is 0.830. The maximum absolute atomic E-state index is 6.04. The van der Waals surface area contributed by atoms with Crippen LogP contribution in [-0.4, -0.2) is 0 Å². The van der Waals surface area contributed by atoms with Crippen LogP contribution >= 0.6 is 27.5 Å². The van der Waals surface area contributed by atoms with Gasteiger partial charge in [0.05, 0.1) is 5.02 Å². The normalized spacial score (nSPS) is 13.6. The van der Waals surface area contributed by atoms with Gasteiger partial charge in [-0.1, -0.05) is 29.8 Å². The molecule has 0 heterocycles. The molecule has 0 N–H and O–H groups in total. The van der Waals surface area contributed by atoms with E-state index < -0.39 is 0 Å². The lowest BCUT2D eigenvalue weighted by Crippen LogP contribution is -1.82. The third-order valence-corrected chi connectivity index (χ3v) is 3.14. The van der Waals surface area contributed by atoms with Crippen LogP contribution in [0.5, 0.6) is 0 Å². The second kappa shape index (κ2) is 2.65. The van der Waals surface area contributed by atoms with Crippen molar-refractivity contribution in [3.8, 4) is 0 Å². The Morgan fingerprint density at radius 3 is 3.00 bits per heavy atom. The molecule has 0 spiro atoms. The highest BCUT2D eigenvalue weighted by Gasteiger charge is 2.10. The summed E-state index contributed by atoms with van der Waals surface area (Å²) >= 11 is 9.42. The van der Waals surface area contributed by atoms with Crippen molar-refractivity contribution in [2.75, 3.05) is 0 Å². The van der Waals surface area contributed by atoms with E-state index in [-0.39, 0.29) is 0 Å². The number of rotatable bonds is 0. The number of allylic oxidation sites excluding steroid dienone is 1. The van der Waals surface area contributed by atoms with Crippen molar-refractivity contribution < 1.29 is 0 Å². The minimum Gasteiger partial charge on any atom is -0.0824 e. The highest BCUT2D eigenvalue weighted by Crippen LogP contribution is 2.32. The van der Waals surface area contributed by atoms with E-state index in [0.717, 1.165) is 15.9 Å². The molecule has 0 fully saturated rings. The van der Waals surface area contributed by atoms with Crippen LogP contribution in [0.15, 0.2) is 22.7 Å². The van der Waals surface area contributed by atoms with Gasteiger partial charge in [0, 0.05) is 4.47 Å². The molecule has 0 saturated carbocycles. The van der Waals surface area contributed by atoms with Crippen LogP contribution in [0.1, 0.15) is 11.1 Å². The summed E-state index contributed by atoms with van der Waals surface area (Å²) in [5.74, 6) is 0. The molecule has 2 rings (SSSR count). The van der Waals surface area contributed by atoms with Gasteiger partial charge in [-0.15, -0.1) is 0 Å². The summed E-state index contributed by atoms with van der Waals surface area (Å²) in [4.78, 5) is 0. The summed E-state index contributed by atoms with van der Waals surface area (Å²) in [5.41, 5.74) is 2.49. The van der Waals surface area contributed by atoms with E-state index in [9.17, 15) is 0 Å². The van der Waals surface area contributed by atoms with Gasteiger partial charge in [-0.25, -0.2) is 0 Å². The van der Waals surface area contributed by atoms with Gasteiger partial charge in [0.2, 0.25) is 0 Å². The Bertz CT molecular complexity index is 329. The van der Waals surface area contributed by atoms with Crippen molar-refractivity contribution in [1.29, 1.82) is 0 Å². The molecule has 0 amide bonds. The Labute approximate surface area is 79.0 Å². The molecule has 0 aromatic heterocycles. The minimum absolute atomic E-state index is 0.830. The molecular weight excluding hydrogens is 223 g/mol. The smallest absolute Gasteiger partial charge is 0.0623 e. The van der Waals surface area contributed by atoms with E-state index in [1.807, 2.05) is 6.07 Å². The summed E-state index contributed by atoms with van der Waals surface area (Å²) in [7, 11) is 0. The number of fused-ring (bicyclic) bond motifs is 1. The molecule has 0 radical (unpaired) electrons. The predicted octanol–water partition coefficient (Wildman–Crippen LogP) is 3.67. The molecule has 0 nitrogen and oxygen atoms in total. The van der Waals surface area contributed by atoms with Crippen LogP contribution in [0.4, 0.5) is 0 Å². The zero-order valence-electron chi connectivity index (χ0n) is 5.77. The molecule has 0 atom stereocenters. The Morgan fingerprint density at radius 2 is 2.18 bits per heavy atom. The van der Waals surface area contributed by atoms with Crippen LogP contribution in [0.25, 0.3) is 6.08 Å². The Hall–Kier alpha value is -0.270. The number of benzene rings is 1. The van der Waals surface area contributed by atoms with Gasteiger partial charge in [-0.05, 0) is 39.5 Å². The highest BCUT2D eigenvalue weighted by molar-refractivity contribution is 9.10. The first-order valence-corrected chi connectivity index (χ1v) is 4.59. The van der Waals surface area contributed by atoms with Crippen molar-refractivity contribution >= 4 is 33.6 Å². The maximum Gasteiger partial charge on any atom is 0.0623 e. The maximum atomic E-state index is 6.04. The van der Waals surface area contributed by atoms with Crippen molar-refractivity contribution in [3.05, 3.63) is 38.8 Å². The predicted molar refractivity (Wildman–Crippen MR) is 51.9 cm³/mol. The second-order valence-corrected chi connectivity index (χ2v) is 3.77. The zero-order chi connectivity index (χ0) is 7.84. The number of hydrogen-bond donors (Lipinski definition) is 0. The lowest BCUT2D eigenvalue weighted by molar-refractivity contribution is 1.31. The van der Waals surface area contributed by atoms with Crippen LogP contribution in [0.3, 0.4) is 0 Å². The van der Waals surface area contributed by atoms with E-state index in [2.05, 4.69) is 34.1 Å². The van der Waals surface area contributed by atoms with Crippen molar-refractivity contribution in [1.82, 2.24) is 0 Å². The lowest BCUT2D eigenvalue weighted by Gasteiger charge is -2.02. The van der Waals surface area contributed by atoms with Crippen LogP contribution < -0.4 is 0 Å². The Morgan fingerprint density at radius 1 is 1.36 bits per heavy atom. The highest BCUT2D eigenvalue weighted by atomic mass is 79.9. The molecule has 1 aromatic carbocycles. The van der Waals surface area contributed by atoms with Gasteiger partial charge in [0.1, 0.15) is 0 Å². The average Bonchev–Trinajstić information content (AvgIpc) is 2.45. The van der Waals surface area contributed by atoms with Crippen molar-refractivity contribution in [2.24, 2.45) is 0 Å². The second-order valence-electron chi connectivity index (χ2n) is 2.54. The van der Waals surface area contributed by atoms with E-state index in [4.69, 9.17) is 11.6 Å². The standard InChI is InChI=1S/C9H6BrCl/c10-8-5-4-6-2-1-3-7(6)9(8)11/h1,3-5H,2H2. The van der Waals surface area contributed by atoms with E-state index in [1.54, 1.807) is 0 Å². The zero-order valence-corrected chi connectivity index (χ0v) is 8.11. The largest absolute Gasteiger partial charge is 0.0824 e.